The van der Waals surface area contributed by atoms with Crippen LogP contribution in [0.4, 0.5) is 10.6 Å². The molecule has 3 heterocycles. The first-order valence-electron chi connectivity index (χ1n) is 8.00. The van der Waals surface area contributed by atoms with Gasteiger partial charge in [-0.3, -0.25) is 4.90 Å². The second-order valence-corrected chi connectivity index (χ2v) is 7.28. The summed E-state index contributed by atoms with van der Waals surface area (Å²) in [4.78, 5) is 18.6. The monoisotopic (exact) mass is 391 g/mol. The molecule has 1 aromatic carbocycles. The molecular formula is C17H18BrN3O3. The lowest BCUT2D eigenvalue weighted by Crippen LogP contribution is -2.37. The van der Waals surface area contributed by atoms with E-state index in [-0.39, 0.29) is 12.1 Å². The summed E-state index contributed by atoms with van der Waals surface area (Å²) in [7, 11) is 0. The molecule has 4 rings (SSSR count). The zero-order valence-corrected chi connectivity index (χ0v) is 15.1. The second-order valence-electron chi connectivity index (χ2n) is 6.36. The molecule has 1 fully saturated rings. The Morgan fingerprint density at radius 1 is 1.33 bits per heavy atom. The predicted octanol–water partition coefficient (Wildman–Crippen LogP) is 3.69. The van der Waals surface area contributed by atoms with Gasteiger partial charge in [0.25, 0.3) is 0 Å². The van der Waals surface area contributed by atoms with Crippen molar-refractivity contribution in [2.24, 2.45) is 5.92 Å². The van der Waals surface area contributed by atoms with Crippen LogP contribution in [0.25, 0.3) is 11.4 Å². The molecule has 0 radical (unpaired) electrons. The highest BCUT2D eigenvalue weighted by atomic mass is 79.9. The molecule has 24 heavy (non-hydrogen) atoms. The van der Waals surface area contributed by atoms with Crippen molar-refractivity contribution in [1.82, 2.24) is 9.55 Å². The Morgan fingerprint density at radius 2 is 2.17 bits per heavy atom. The number of carbonyl (C=O) groups is 1. The molecule has 126 valence electrons. The molecule has 2 aliphatic rings. The number of imidazole rings is 1. The zero-order valence-electron chi connectivity index (χ0n) is 13.5. The lowest BCUT2D eigenvalue weighted by Gasteiger charge is -2.21. The topological polar surface area (TPSA) is 56.6 Å². The van der Waals surface area contributed by atoms with Crippen LogP contribution in [0.2, 0.25) is 0 Å². The van der Waals surface area contributed by atoms with Gasteiger partial charge in [-0.25, -0.2) is 9.78 Å². The maximum absolute atomic E-state index is 12.2. The van der Waals surface area contributed by atoms with E-state index in [9.17, 15) is 4.79 Å². The molecule has 0 aliphatic carbocycles. The third kappa shape index (κ3) is 2.47. The average Bonchev–Trinajstić information content (AvgIpc) is 3.07. The molecule has 2 aromatic rings. The van der Waals surface area contributed by atoms with Crippen LogP contribution in [-0.2, 0) is 11.3 Å². The van der Waals surface area contributed by atoms with Crippen LogP contribution in [0.1, 0.15) is 13.8 Å². The summed E-state index contributed by atoms with van der Waals surface area (Å²) in [5, 5.41) is 0. The lowest BCUT2D eigenvalue weighted by atomic mass is 10.1. The fourth-order valence-corrected chi connectivity index (χ4v) is 3.49. The SMILES string of the molecule is CC(C)[C@@H]1COC(=O)N1c1cn2c(n1)-c1ccc(Br)cc1OCC2. The Labute approximate surface area is 148 Å². The fourth-order valence-electron chi connectivity index (χ4n) is 3.15. The van der Waals surface area contributed by atoms with Gasteiger partial charge >= 0.3 is 6.09 Å². The van der Waals surface area contributed by atoms with Crippen molar-refractivity contribution in [2.75, 3.05) is 18.1 Å². The van der Waals surface area contributed by atoms with E-state index in [0.717, 1.165) is 21.6 Å². The zero-order chi connectivity index (χ0) is 16.8. The molecule has 0 saturated carbocycles. The third-order valence-corrected chi connectivity index (χ3v) is 4.95. The Kier molecular flexibility index (Phi) is 3.75. The van der Waals surface area contributed by atoms with Gasteiger partial charge in [-0.2, -0.15) is 0 Å². The third-order valence-electron chi connectivity index (χ3n) is 4.46. The van der Waals surface area contributed by atoms with Crippen LogP contribution in [0.3, 0.4) is 0 Å². The van der Waals surface area contributed by atoms with Crippen LogP contribution in [0, 0.1) is 5.92 Å². The fraction of sp³-hybridized carbons (Fsp3) is 0.412. The maximum atomic E-state index is 12.2. The summed E-state index contributed by atoms with van der Waals surface area (Å²) in [6.45, 7) is 5.82. The summed E-state index contributed by atoms with van der Waals surface area (Å²) in [5.41, 5.74) is 0.926. The molecule has 0 N–H and O–H groups in total. The van der Waals surface area contributed by atoms with E-state index in [4.69, 9.17) is 14.5 Å². The molecule has 7 heteroatoms. The van der Waals surface area contributed by atoms with E-state index in [2.05, 4.69) is 29.8 Å². The Balaban J connectivity index is 1.79. The van der Waals surface area contributed by atoms with E-state index in [1.165, 1.54) is 0 Å². The Hall–Kier alpha value is -2.02. The molecule has 0 bridgehead atoms. The van der Waals surface area contributed by atoms with Crippen molar-refractivity contribution in [3.05, 3.63) is 28.9 Å². The smallest absolute Gasteiger partial charge is 0.415 e. The molecule has 0 spiro atoms. The number of halogens is 1. The Morgan fingerprint density at radius 3 is 2.96 bits per heavy atom. The average molecular weight is 392 g/mol. The molecule has 1 saturated heterocycles. The first kappa shape index (κ1) is 15.5. The van der Waals surface area contributed by atoms with Crippen LogP contribution >= 0.6 is 15.9 Å². The maximum Gasteiger partial charge on any atom is 0.415 e. The number of hydrogen-bond acceptors (Lipinski definition) is 4. The van der Waals surface area contributed by atoms with Crippen LogP contribution in [0.15, 0.2) is 28.9 Å². The van der Waals surface area contributed by atoms with Gasteiger partial charge in [-0.15, -0.1) is 0 Å². The molecule has 1 atom stereocenters. The van der Waals surface area contributed by atoms with Crippen molar-refractivity contribution >= 4 is 27.8 Å². The number of ether oxygens (including phenoxy) is 2. The van der Waals surface area contributed by atoms with E-state index >= 15 is 0 Å². The van der Waals surface area contributed by atoms with Gasteiger partial charge in [-0.1, -0.05) is 29.8 Å². The van der Waals surface area contributed by atoms with Gasteiger partial charge in [-0.05, 0) is 24.1 Å². The minimum Gasteiger partial charge on any atom is -0.491 e. The summed E-state index contributed by atoms with van der Waals surface area (Å²) in [5.74, 6) is 2.54. The van der Waals surface area contributed by atoms with Crippen molar-refractivity contribution < 1.29 is 14.3 Å². The molecule has 2 aliphatic heterocycles. The van der Waals surface area contributed by atoms with Crippen molar-refractivity contribution in [1.29, 1.82) is 0 Å². The van der Waals surface area contributed by atoms with E-state index in [1.54, 1.807) is 4.90 Å². The number of hydrogen-bond donors (Lipinski definition) is 0. The number of amides is 1. The van der Waals surface area contributed by atoms with Gasteiger partial charge in [0.05, 0.1) is 18.2 Å². The highest BCUT2D eigenvalue weighted by Gasteiger charge is 2.38. The number of carbonyl (C=O) groups excluding carboxylic acids is 1. The summed E-state index contributed by atoms with van der Waals surface area (Å²) < 4.78 is 14.1. The second kappa shape index (κ2) is 5.81. The number of rotatable bonds is 2. The minimum absolute atomic E-state index is 0.0114. The minimum atomic E-state index is -0.325. The van der Waals surface area contributed by atoms with Crippen LogP contribution in [0.5, 0.6) is 5.75 Å². The van der Waals surface area contributed by atoms with Crippen LogP contribution < -0.4 is 9.64 Å². The van der Waals surface area contributed by atoms with Crippen molar-refractivity contribution in [3.63, 3.8) is 0 Å². The number of anilines is 1. The quantitative estimate of drug-likeness (QED) is 0.783. The number of cyclic esters (lactones) is 1. The summed E-state index contributed by atoms with van der Waals surface area (Å²) in [6.07, 6.45) is 1.59. The van der Waals surface area contributed by atoms with Crippen LogP contribution in [-0.4, -0.2) is 34.9 Å². The number of aromatic nitrogens is 2. The standard InChI is InChI=1S/C17H18BrN3O3/c1-10(2)13-9-24-17(22)21(13)15-8-20-5-6-23-14-7-11(18)3-4-12(14)16(20)19-15/h3-4,7-8,10,13H,5-6,9H2,1-2H3/t13-/m0/s1. The van der Waals surface area contributed by atoms with E-state index < -0.39 is 0 Å². The van der Waals surface area contributed by atoms with Gasteiger partial charge in [0, 0.05) is 10.7 Å². The number of benzene rings is 1. The molecule has 6 nitrogen and oxygen atoms in total. The normalized spacial score (nSPS) is 19.6. The summed E-state index contributed by atoms with van der Waals surface area (Å²) in [6, 6.07) is 5.90. The highest BCUT2D eigenvalue weighted by molar-refractivity contribution is 9.10. The molecular weight excluding hydrogens is 374 g/mol. The Bertz CT molecular complexity index is 802. The van der Waals surface area contributed by atoms with Gasteiger partial charge < -0.3 is 14.0 Å². The first-order valence-corrected chi connectivity index (χ1v) is 8.80. The van der Waals surface area contributed by atoms with E-state index in [0.29, 0.717) is 31.5 Å². The van der Waals surface area contributed by atoms with Gasteiger partial charge in [0.15, 0.2) is 5.82 Å². The van der Waals surface area contributed by atoms with Crippen molar-refractivity contribution in [3.8, 4) is 17.1 Å². The highest BCUT2D eigenvalue weighted by Crippen LogP contribution is 2.36. The number of fused-ring (bicyclic) bond motifs is 3. The largest absolute Gasteiger partial charge is 0.491 e. The predicted molar refractivity (Wildman–Crippen MR) is 93.3 cm³/mol. The number of nitrogens with zero attached hydrogens (tertiary/aromatic N) is 3. The molecule has 1 aromatic heterocycles. The molecule has 0 unspecified atom stereocenters. The van der Waals surface area contributed by atoms with E-state index in [1.807, 2.05) is 29.0 Å². The van der Waals surface area contributed by atoms with Gasteiger partial charge in [0.2, 0.25) is 0 Å². The lowest BCUT2D eigenvalue weighted by molar-refractivity contribution is 0.177. The molecule has 1 amide bonds. The van der Waals surface area contributed by atoms with Crippen molar-refractivity contribution in [2.45, 2.75) is 26.4 Å². The van der Waals surface area contributed by atoms with Gasteiger partial charge in [0.1, 0.15) is 24.8 Å². The first-order chi connectivity index (χ1) is 11.5. The summed E-state index contributed by atoms with van der Waals surface area (Å²) >= 11 is 3.47.